The number of carbonyl (C=O) groups is 1. The fraction of sp³-hybridized carbons (Fsp3) is 0.923. The van der Waals surface area contributed by atoms with Crippen LogP contribution in [-0.4, -0.2) is 56.7 Å². The quantitative estimate of drug-likeness (QED) is 0.636. The zero-order chi connectivity index (χ0) is 15.0. The summed E-state index contributed by atoms with van der Waals surface area (Å²) in [5.41, 5.74) is 0. The zero-order valence-corrected chi connectivity index (χ0v) is 13.2. The van der Waals surface area contributed by atoms with Crippen molar-refractivity contribution in [1.29, 1.82) is 0 Å². The molecule has 7 heteroatoms. The van der Waals surface area contributed by atoms with Crippen LogP contribution in [0.2, 0.25) is 0 Å². The van der Waals surface area contributed by atoms with Gasteiger partial charge in [-0.05, 0) is 32.7 Å². The summed E-state index contributed by atoms with van der Waals surface area (Å²) in [7, 11) is -3.58. The first-order valence-electron chi connectivity index (χ1n) is 7.36. The van der Waals surface area contributed by atoms with Crippen LogP contribution < -0.4 is 5.32 Å². The van der Waals surface area contributed by atoms with Gasteiger partial charge in [0, 0.05) is 19.1 Å². The van der Waals surface area contributed by atoms with Crippen molar-refractivity contribution in [3.8, 4) is 0 Å². The lowest BCUT2D eigenvalue weighted by Gasteiger charge is -2.24. The molecule has 0 radical (unpaired) electrons. The third kappa shape index (κ3) is 5.76. The van der Waals surface area contributed by atoms with Crippen LogP contribution in [0.25, 0.3) is 0 Å². The SMILES string of the molecule is CCCCN(CC1CCCN1)S(=O)(=O)CC(=O)OCC. The molecule has 0 bridgehead atoms. The number of hydrogen-bond donors (Lipinski definition) is 1. The van der Waals surface area contributed by atoms with Gasteiger partial charge in [-0.3, -0.25) is 4.79 Å². The van der Waals surface area contributed by atoms with Gasteiger partial charge in [-0.15, -0.1) is 0 Å². The number of rotatable bonds is 9. The van der Waals surface area contributed by atoms with E-state index in [2.05, 4.69) is 5.32 Å². The molecule has 0 aromatic heterocycles. The largest absolute Gasteiger partial charge is 0.465 e. The molecule has 0 spiro atoms. The van der Waals surface area contributed by atoms with Crippen molar-refractivity contribution >= 4 is 16.0 Å². The van der Waals surface area contributed by atoms with Gasteiger partial charge in [-0.1, -0.05) is 13.3 Å². The second-order valence-corrected chi connectivity index (χ2v) is 7.03. The summed E-state index contributed by atoms with van der Waals surface area (Å²) in [6.07, 6.45) is 3.78. The molecular formula is C13H26N2O4S. The molecule has 1 rings (SSSR count). The van der Waals surface area contributed by atoms with Crippen molar-refractivity contribution in [3.05, 3.63) is 0 Å². The highest BCUT2D eigenvalue weighted by Crippen LogP contribution is 2.12. The molecule has 0 saturated carbocycles. The highest BCUT2D eigenvalue weighted by Gasteiger charge is 2.28. The number of nitrogens with one attached hydrogen (secondary N) is 1. The van der Waals surface area contributed by atoms with Gasteiger partial charge in [0.1, 0.15) is 0 Å². The number of esters is 1. The van der Waals surface area contributed by atoms with Crippen molar-refractivity contribution in [2.45, 2.75) is 45.6 Å². The van der Waals surface area contributed by atoms with Crippen LogP contribution in [-0.2, 0) is 19.6 Å². The van der Waals surface area contributed by atoms with E-state index in [9.17, 15) is 13.2 Å². The molecule has 1 fully saturated rings. The van der Waals surface area contributed by atoms with Gasteiger partial charge in [0.25, 0.3) is 0 Å². The molecule has 1 N–H and O–H groups in total. The lowest BCUT2D eigenvalue weighted by atomic mass is 10.2. The maximum Gasteiger partial charge on any atom is 0.322 e. The topological polar surface area (TPSA) is 75.7 Å². The van der Waals surface area contributed by atoms with Gasteiger partial charge in [-0.25, -0.2) is 8.42 Å². The van der Waals surface area contributed by atoms with Gasteiger partial charge in [0.15, 0.2) is 5.75 Å². The van der Waals surface area contributed by atoms with Crippen molar-refractivity contribution in [2.75, 3.05) is 32.0 Å². The monoisotopic (exact) mass is 306 g/mol. The minimum atomic E-state index is -3.58. The summed E-state index contributed by atoms with van der Waals surface area (Å²) in [6.45, 7) is 5.74. The molecule has 0 aromatic rings. The molecule has 6 nitrogen and oxygen atoms in total. The van der Waals surface area contributed by atoms with Gasteiger partial charge in [0.2, 0.25) is 10.0 Å². The standard InChI is InChI=1S/C13H26N2O4S/c1-3-5-9-15(10-12-7-6-8-14-12)20(17,18)11-13(16)19-4-2/h12,14H,3-11H2,1-2H3. The Kier molecular flexibility index (Phi) is 7.47. The Bertz CT molecular complexity index is 391. The molecular weight excluding hydrogens is 280 g/mol. The molecule has 1 aliphatic heterocycles. The van der Waals surface area contributed by atoms with Crippen molar-refractivity contribution < 1.29 is 17.9 Å². The van der Waals surface area contributed by atoms with E-state index in [-0.39, 0.29) is 12.6 Å². The summed E-state index contributed by atoms with van der Waals surface area (Å²) in [5.74, 6) is -1.23. The van der Waals surface area contributed by atoms with Crippen molar-refractivity contribution in [1.82, 2.24) is 9.62 Å². The third-order valence-electron chi connectivity index (χ3n) is 3.35. The number of ether oxygens (including phenoxy) is 1. The highest BCUT2D eigenvalue weighted by molar-refractivity contribution is 7.89. The zero-order valence-electron chi connectivity index (χ0n) is 12.4. The number of carbonyl (C=O) groups excluding carboxylic acids is 1. The van der Waals surface area contributed by atoms with E-state index in [1.807, 2.05) is 6.92 Å². The summed E-state index contributed by atoms with van der Waals surface area (Å²) >= 11 is 0. The minimum Gasteiger partial charge on any atom is -0.465 e. The number of unbranched alkanes of at least 4 members (excludes halogenated alkanes) is 1. The molecule has 20 heavy (non-hydrogen) atoms. The second-order valence-electron chi connectivity index (χ2n) is 5.07. The Morgan fingerprint density at radius 2 is 2.15 bits per heavy atom. The minimum absolute atomic E-state index is 0.198. The Labute approximate surface area is 121 Å². The first-order valence-corrected chi connectivity index (χ1v) is 8.97. The molecule has 1 unspecified atom stereocenters. The number of nitrogens with zero attached hydrogens (tertiary/aromatic N) is 1. The van der Waals surface area contributed by atoms with E-state index >= 15 is 0 Å². The molecule has 1 aliphatic rings. The first-order chi connectivity index (χ1) is 9.49. The van der Waals surface area contributed by atoms with Crippen LogP contribution in [0.4, 0.5) is 0 Å². The normalized spacial score (nSPS) is 19.4. The van der Waals surface area contributed by atoms with Crippen LogP contribution in [0.3, 0.4) is 0 Å². The number of sulfonamides is 1. The van der Waals surface area contributed by atoms with Gasteiger partial charge in [0.05, 0.1) is 6.61 Å². The molecule has 1 heterocycles. The van der Waals surface area contributed by atoms with E-state index in [1.54, 1.807) is 6.92 Å². The van der Waals surface area contributed by atoms with Crippen LogP contribution in [0.5, 0.6) is 0 Å². The van der Waals surface area contributed by atoms with E-state index in [1.165, 1.54) is 4.31 Å². The molecule has 118 valence electrons. The predicted molar refractivity (Wildman–Crippen MR) is 77.9 cm³/mol. The van der Waals surface area contributed by atoms with E-state index in [4.69, 9.17) is 4.74 Å². The summed E-state index contributed by atoms with van der Waals surface area (Å²) in [6, 6.07) is 0.198. The highest BCUT2D eigenvalue weighted by atomic mass is 32.2. The molecule has 0 aliphatic carbocycles. The average Bonchev–Trinajstić information content (AvgIpc) is 2.86. The van der Waals surface area contributed by atoms with Gasteiger partial charge < -0.3 is 10.1 Å². The Balaban J connectivity index is 2.65. The van der Waals surface area contributed by atoms with Crippen molar-refractivity contribution in [3.63, 3.8) is 0 Å². The Hall–Kier alpha value is -0.660. The van der Waals surface area contributed by atoms with E-state index < -0.39 is 21.7 Å². The summed E-state index contributed by atoms with van der Waals surface area (Å²) in [4.78, 5) is 11.4. The van der Waals surface area contributed by atoms with Gasteiger partial charge >= 0.3 is 5.97 Å². The van der Waals surface area contributed by atoms with Crippen LogP contribution in [0.15, 0.2) is 0 Å². The summed E-state index contributed by atoms with van der Waals surface area (Å²) in [5, 5.41) is 3.29. The second kappa shape index (κ2) is 8.59. The van der Waals surface area contributed by atoms with Gasteiger partial charge in [-0.2, -0.15) is 4.31 Å². The van der Waals surface area contributed by atoms with Crippen LogP contribution in [0, 0.1) is 0 Å². The molecule has 0 amide bonds. The molecule has 1 atom stereocenters. The fourth-order valence-electron chi connectivity index (χ4n) is 2.28. The Morgan fingerprint density at radius 3 is 2.70 bits per heavy atom. The first kappa shape index (κ1) is 17.4. The molecule has 1 saturated heterocycles. The predicted octanol–water partition coefficient (Wildman–Crippen LogP) is 0.733. The lowest BCUT2D eigenvalue weighted by molar-refractivity contribution is -0.140. The maximum atomic E-state index is 12.3. The third-order valence-corrected chi connectivity index (χ3v) is 5.07. The van der Waals surface area contributed by atoms with Crippen LogP contribution >= 0.6 is 0 Å². The number of hydrogen-bond acceptors (Lipinski definition) is 5. The Morgan fingerprint density at radius 1 is 1.40 bits per heavy atom. The van der Waals surface area contributed by atoms with Crippen molar-refractivity contribution in [2.24, 2.45) is 0 Å². The molecule has 0 aromatic carbocycles. The summed E-state index contributed by atoms with van der Waals surface area (Å²) < 4.78 is 30.8. The maximum absolute atomic E-state index is 12.3. The fourth-order valence-corrected chi connectivity index (χ4v) is 3.66. The smallest absolute Gasteiger partial charge is 0.322 e. The average molecular weight is 306 g/mol. The van der Waals surface area contributed by atoms with Crippen LogP contribution in [0.1, 0.15) is 39.5 Å². The lowest BCUT2D eigenvalue weighted by Crippen LogP contribution is -2.43. The van der Waals surface area contributed by atoms with E-state index in [0.717, 1.165) is 32.2 Å². The van der Waals surface area contributed by atoms with E-state index in [0.29, 0.717) is 13.1 Å².